The average molecular weight is 547 g/mol. The zero-order valence-corrected chi connectivity index (χ0v) is 21.5. The Morgan fingerprint density at radius 1 is 1.10 bits per heavy atom. The highest BCUT2D eigenvalue weighted by Gasteiger charge is 2.31. The lowest BCUT2D eigenvalue weighted by Gasteiger charge is -2.37. The van der Waals surface area contributed by atoms with Crippen molar-refractivity contribution in [2.24, 2.45) is 10.4 Å². The molecule has 7 heteroatoms. The third kappa shape index (κ3) is 7.79. The van der Waals surface area contributed by atoms with E-state index in [-0.39, 0.29) is 36.0 Å². The largest absolute Gasteiger partial charge is 0.396 e. The van der Waals surface area contributed by atoms with Crippen LogP contribution in [0.5, 0.6) is 0 Å². The summed E-state index contributed by atoms with van der Waals surface area (Å²) >= 11 is 2.04. The first-order valence-corrected chi connectivity index (χ1v) is 12.4. The third-order valence-corrected chi connectivity index (χ3v) is 7.21. The maximum atomic E-state index is 9.54. The van der Waals surface area contributed by atoms with Crippen molar-refractivity contribution in [3.05, 3.63) is 29.8 Å². The number of nitrogens with one attached hydrogen (secondary N) is 2. The highest BCUT2D eigenvalue weighted by atomic mass is 127. The van der Waals surface area contributed by atoms with Gasteiger partial charge in [-0.05, 0) is 49.3 Å². The molecule has 2 aliphatic rings. The second kappa shape index (κ2) is 13.7. The van der Waals surface area contributed by atoms with E-state index < -0.39 is 0 Å². The van der Waals surface area contributed by atoms with Crippen LogP contribution in [0.4, 0.5) is 5.69 Å². The Balaban J connectivity index is 0.00000320. The number of nitrogens with zero attached hydrogens (tertiary/aromatic N) is 2. The summed E-state index contributed by atoms with van der Waals surface area (Å²) in [6.45, 7) is 7.09. The Labute approximate surface area is 203 Å². The van der Waals surface area contributed by atoms with Gasteiger partial charge in [0, 0.05) is 50.0 Å². The number of thioether (sulfide) groups is 1. The number of halogens is 1. The molecule has 1 saturated carbocycles. The minimum Gasteiger partial charge on any atom is -0.396 e. The summed E-state index contributed by atoms with van der Waals surface area (Å²) in [5, 5.41) is 16.5. The maximum absolute atomic E-state index is 9.54. The molecule has 0 bridgehead atoms. The first kappa shape index (κ1) is 25.6. The average Bonchev–Trinajstić information content (AvgIpc) is 2.77. The number of hydrogen-bond donors (Lipinski definition) is 3. The molecule has 0 atom stereocenters. The van der Waals surface area contributed by atoms with Gasteiger partial charge in [-0.15, -0.1) is 24.0 Å². The summed E-state index contributed by atoms with van der Waals surface area (Å²) in [7, 11) is 0. The molecule has 3 rings (SSSR count). The van der Waals surface area contributed by atoms with Gasteiger partial charge < -0.3 is 20.6 Å². The Hall–Kier alpha value is -0.670. The Morgan fingerprint density at radius 2 is 1.80 bits per heavy atom. The number of rotatable bonds is 8. The second-order valence-electron chi connectivity index (χ2n) is 8.35. The first-order valence-electron chi connectivity index (χ1n) is 11.3. The van der Waals surface area contributed by atoms with Crippen LogP contribution in [0.3, 0.4) is 0 Å². The van der Waals surface area contributed by atoms with Crippen LogP contribution in [0.1, 0.15) is 51.0 Å². The molecule has 0 spiro atoms. The van der Waals surface area contributed by atoms with E-state index in [2.05, 4.69) is 46.7 Å². The number of guanidine groups is 1. The highest BCUT2D eigenvalue weighted by Crippen LogP contribution is 2.38. The summed E-state index contributed by atoms with van der Waals surface area (Å²) in [6, 6.07) is 8.88. The van der Waals surface area contributed by atoms with Crippen molar-refractivity contribution in [3.8, 4) is 0 Å². The van der Waals surface area contributed by atoms with Gasteiger partial charge in [-0.3, -0.25) is 0 Å². The summed E-state index contributed by atoms with van der Waals surface area (Å²) in [5.41, 5.74) is 2.78. The van der Waals surface area contributed by atoms with Crippen LogP contribution in [0.2, 0.25) is 0 Å². The number of aliphatic imine (C=N–C) groups is 1. The van der Waals surface area contributed by atoms with E-state index >= 15 is 0 Å². The SMILES string of the molecule is CCNC(=NCc1ccc(N2CCSCC2)cc1)NCC1(CCO)CCCCC1.I. The summed E-state index contributed by atoms with van der Waals surface area (Å²) in [4.78, 5) is 7.29. The van der Waals surface area contributed by atoms with E-state index in [4.69, 9.17) is 4.99 Å². The van der Waals surface area contributed by atoms with Gasteiger partial charge in [0.2, 0.25) is 0 Å². The maximum Gasteiger partial charge on any atom is 0.191 e. The molecule has 170 valence electrons. The van der Waals surface area contributed by atoms with Crippen LogP contribution in [0.25, 0.3) is 0 Å². The Bertz CT molecular complexity index is 623. The van der Waals surface area contributed by atoms with Crippen molar-refractivity contribution in [1.29, 1.82) is 0 Å². The number of anilines is 1. The van der Waals surface area contributed by atoms with Gasteiger partial charge in [-0.25, -0.2) is 4.99 Å². The minimum absolute atomic E-state index is 0. The summed E-state index contributed by atoms with van der Waals surface area (Å²) in [6.07, 6.45) is 7.17. The Morgan fingerprint density at radius 3 is 2.43 bits per heavy atom. The van der Waals surface area contributed by atoms with E-state index in [1.54, 1.807) is 0 Å². The fourth-order valence-corrected chi connectivity index (χ4v) is 5.37. The molecule has 1 aromatic carbocycles. The van der Waals surface area contributed by atoms with E-state index in [0.717, 1.165) is 38.6 Å². The molecule has 0 radical (unpaired) electrons. The van der Waals surface area contributed by atoms with Crippen molar-refractivity contribution >= 4 is 47.4 Å². The smallest absolute Gasteiger partial charge is 0.191 e. The summed E-state index contributed by atoms with van der Waals surface area (Å²) < 4.78 is 0. The van der Waals surface area contributed by atoms with E-state index in [0.29, 0.717) is 6.54 Å². The number of aliphatic hydroxyl groups excluding tert-OH is 1. The number of benzene rings is 1. The first-order chi connectivity index (χ1) is 14.2. The molecule has 5 nitrogen and oxygen atoms in total. The van der Waals surface area contributed by atoms with Gasteiger partial charge in [0.25, 0.3) is 0 Å². The molecular weight excluding hydrogens is 507 g/mol. The third-order valence-electron chi connectivity index (χ3n) is 6.26. The van der Waals surface area contributed by atoms with Crippen LogP contribution in [0.15, 0.2) is 29.3 Å². The van der Waals surface area contributed by atoms with E-state index in [1.807, 2.05) is 11.8 Å². The molecule has 1 aromatic rings. The number of hydrogen-bond acceptors (Lipinski definition) is 4. The van der Waals surface area contributed by atoms with Crippen LogP contribution < -0.4 is 15.5 Å². The molecule has 1 aliphatic carbocycles. The molecular formula is C23H39IN4OS. The predicted molar refractivity (Wildman–Crippen MR) is 141 cm³/mol. The fourth-order valence-electron chi connectivity index (χ4n) is 4.47. The molecule has 1 heterocycles. The zero-order valence-electron chi connectivity index (χ0n) is 18.4. The molecule has 1 saturated heterocycles. The van der Waals surface area contributed by atoms with Gasteiger partial charge in [0.1, 0.15) is 0 Å². The van der Waals surface area contributed by atoms with Crippen LogP contribution in [-0.4, -0.2) is 55.4 Å². The number of aliphatic hydroxyl groups is 1. The topological polar surface area (TPSA) is 59.9 Å². The zero-order chi connectivity index (χ0) is 20.4. The minimum atomic E-state index is 0. The second-order valence-corrected chi connectivity index (χ2v) is 9.57. The van der Waals surface area contributed by atoms with Crippen LogP contribution >= 0.6 is 35.7 Å². The van der Waals surface area contributed by atoms with Gasteiger partial charge in [-0.1, -0.05) is 31.4 Å². The van der Waals surface area contributed by atoms with Gasteiger partial charge >= 0.3 is 0 Å². The lowest BCUT2D eigenvalue weighted by atomic mass is 9.72. The molecule has 0 amide bonds. The van der Waals surface area contributed by atoms with Crippen molar-refractivity contribution in [1.82, 2.24) is 10.6 Å². The van der Waals surface area contributed by atoms with Crippen LogP contribution in [0, 0.1) is 5.41 Å². The molecule has 2 fully saturated rings. The Kier molecular flexibility index (Phi) is 11.7. The highest BCUT2D eigenvalue weighted by molar-refractivity contribution is 14.0. The lowest BCUT2D eigenvalue weighted by Crippen LogP contribution is -2.44. The van der Waals surface area contributed by atoms with Gasteiger partial charge in [0.05, 0.1) is 6.54 Å². The fraction of sp³-hybridized carbons (Fsp3) is 0.696. The van der Waals surface area contributed by atoms with Gasteiger partial charge in [0.15, 0.2) is 5.96 Å². The van der Waals surface area contributed by atoms with E-state index in [9.17, 15) is 5.11 Å². The quantitative estimate of drug-likeness (QED) is 0.259. The molecule has 1 aliphatic heterocycles. The molecule has 3 N–H and O–H groups in total. The molecule has 0 unspecified atom stereocenters. The predicted octanol–water partition coefficient (Wildman–Crippen LogP) is 4.25. The standard InChI is InChI=1S/C23H38N4OS.HI/c1-2-24-22(26-19-23(12-15-28)10-4-3-5-11-23)25-18-20-6-8-21(9-7-20)27-13-16-29-17-14-27;/h6-9,28H,2-5,10-19H2,1H3,(H2,24,25,26);1H. The van der Waals surface area contributed by atoms with Crippen molar-refractivity contribution < 1.29 is 5.11 Å². The molecule has 0 aromatic heterocycles. The monoisotopic (exact) mass is 546 g/mol. The van der Waals surface area contributed by atoms with Crippen molar-refractivity contribution in [2.45, 2.75) is 52.0 Å². The van der Waals surface area contributed by atoms with Gasteiger partial charge in [-0.2, -0.15) is 11.8 Å². The normalized spacial score (nSPS) is 19.1. The lowest BCUT2D eigenvalue weighted by molar-refractivity contribution is 0.131. The van der Waals surface area contributed by atoms with E-state index in [1.165, 1.54) is 54.9 Å². The summed E-state index contributed by atoms with van der Waals surface area (Å²) in [5.74, 6) is 3.33. The van der Waals surface area contributed by atoms with Crippen molar-refractivity contribution in [2.75, 3.05) is 49.2 Å². The molecule has 30 heavy (non-hydrogen) atoms. The van der Waals surface area contributed by atoms with Crippen LogP contribution in [-0.2, 0) is 6.54 Å². The van der Waals surface area contributed by atoms with Crippen molar-refractivity contribution in [3.63, 3.8) is 0 Å².